The lowest BCUT2D eigenvalue weighted by Crippen LogP contribution is -2.44. The van der Waals surface area contributed by atoms with Crippen molar-refractivity contribution < 1.29 is 39.9 Å². The minimum Gasteiger partial charge on any atom is -0.392 e. The molecule has 0 heterocycles. The van der Waals surface area contributed by atoms with Crippen LogP contribution in [0.2, 0.25) is 0 Å². The second-order valence-electron chi connectivity index (χ2n) is 4.01. The molecule has 0 radical (unpaired) electrons. The van der Waals surface area contributed by atoms with Crippen molar-refractivity contribution in [2.24, 2.45) is 5.92 Å². The Balaban J connectivity index is 4.65. The predicted octanol–water partition coefficient (Wildman–Crippen LogP) is 2.30. The van der Waals surface area contributed by atoms with Gasteiger partial charge in [0.25, 0.3) is 0 Å². The minimum atomic E-state index is -5.62. The molecule has 0 spiro atoms. The van der Waals surface area contributed by atoms with Gasteiger partial charge in [-0.3, -0.25) is 0 Å². The van der Waals surface area contributed by atoms with Crippen molar-refractivity contribution in [2.75, 3.05) is 11.5 Å². The quantitative estimate of drug-likeness (QED) is 0.765. The van der Waals surface area contributed by atoms with Crippen molar-refractivity contribution in [1.82, 2.24) is 0 Å². The second-order valence-corrected chi connectivity index (χ2v) is 6.48. The maximum absolute atomic E-state index is 12.2. The molecular formula is C9H14F6O3S. The van der Waals surface area contributed by atoms with Crippen LogP contribution in [0.15, 0.2) is 0 Å². The molecule has 0 aromatic rings. The Kier molecular flexibility index (Phi) is 6.12. The number of halogens is 6. The summed E-state index contributed by atoms with van der Waals surface area (Å²) in [5, 5.41) is 9.01. The van der Waals surface area contributed by atoms with E-state index in [1.807, 2.05) is 0 Å². The van der Waals surface area contributed by atoms with Crippen LogP contribution in [-0.2, 0) is 9.84 Å². The van der Waals surface area contributed by atoms with Crippen molar-refractivity contribution >= 4 is 9.84 Å². The van der Waals surface area contributed by atoms with E-state index in [-0.39, 0.29) is 5.75 Å². The first kappa shape index (κ1) is 18.5. The summed E-state index contributed by atoms with van der Waals surface area (Å²) < 4.78 is 95.2. The van der Waals surface area contributed by atoms with Crippen molar-refractivity contribution in [1.29, 1.82) is 0 Å². The SMILES string of the molecule is CCS(=O)(=O)CCCC(O)C(C(F)(F)F)C(F)(F)F. The summed E-state index contributed by atoms with van der Waals surface area (Å²) in [6, 6.07) is 0. The molecule has 10 heteroatoms. The first-order valence-corrected chi connectivity index (χ1v) is 7.15. The van der Waals surface area contributed by atoms with E-state index in [1.54, 1.807) is 0 Å². The maximum Gasteiger partial charge on any atom is 0.403 e. The van der Waals surface area contributed by atoms with E-state index in [0.29, 0.717) is 0 Å². The molecule has 0 amide bonds. The molecule has 1 N–H and O–H groups in total. The third kappa shape index (κ3) is 6.46. The lowest BCUT2D eigenvalue weighted by atomic mass is 9.97. The van der Waals surface area contributed by atoms with Crippen molar-refractivity contribution in [3.8, 4) is 0 Å². The lowest BCUT2D eigenvalue weighted by Gasteiger charge is -2.27. The minimum absolute atomic E-state index is 0.259. The van der Waals surface area contributed by atoms with Gasteiger partial charge in [0.05, 0.1) is 11.9 Å². The third-order valence-electron chi connectivity index (χ3n) is 2.49. The lowest BCUT2D eigenvalue weighted by molar-refractivity contribution is -0.306. The first-order valence-electron chi connectivity index (χ1n) is 5.33. The summed E-state index contributed by atoms with van der Waals surface area (Å²) >= 11 is 0. The van der Waals surface area contributed by atoms with Crippen LogP contribution >= 0.6 is 0 Å². The van der Waals surface area contributed by atoms with Crippen LogP contribution in [0.25, 0.3) is 0 Å². The standard InChI is InChI=1S/C9H14F6O3S/c1-2-19(17,18)5-3-4-6(16)7(8(10,11)12)9(13,14)15/h6-7,16H,2-5H2,1H3. The highest BCUT2D eigenvalue weighted by atomic mass is 32.2. The van der Waals surface area contributed by atoms with Gasteiger partial charge in [-0.2, -0.15) is 26.3 Å². The number of aliphatic hydroxyl groups is 1. The predicted molar refractivity (Wildman–Crippen MR) is 55.2 cm³/mol. The molecule has 1 unspecified atom stereocenters. The first-order chi connectivity index (χ1) is 8.31. The van der Waals surface area contributed by atoms with Crippen LogP contribution in [-0.4, -0.2) is 43.5 Å². The van der Waals surface area contributed by atoms with Gasteiger partial charge < -0.3 is 5.11 Å². The zero-order chi connectivity index (χ0) is 15.5. The zero-order valence-electron chi connectivity index (χ0n) is 9.92. The second kappa shape index (κ2) is 6.29. The Morgan fingerprint density at radius 1 is 1.05 bits per heavy atom. The van der Waals surface area contributed by atoms with Gasteiger partial charge in [-0.1, -0.05) is 6.92 Å². The summed E-state index contributed by atoms with van der Waals surface area (Å²) in [6.07, 6.45) is -15.3. The van der Waals surface area contributed by atoms with Crippen LogP contribution in [0, 0.1) is 5.92 Å². The van der Waals surface area contributed by atoms with Gasteiger partial charge in [0.15, 0.2) is 5.92 Å². The molecule has 0 rings (SSSR count). The Morgan fingerprint density at radius 2 is 1.47 bits per heavy atom. The molecule has 0 saturated carbocycles. The molecule has 0 aromatic heterocycles. The van der Waals surface area contributed by atoms with E-state index < -0.39 is 52.8 Å². The summed E-state index contributed by atoms with van der Waals surface area (Å²) in [7, 11) is -3.49. The molecule has 0 saturated heterocycles. The molecule has 3 nitrogen and oxygen atoms in total. The van der Waals surface area contributed by atoms with Gasteiger partial charge in [0.1, 0.15) is 9.84 Å². The fraction of sp³-hybridized carbons (Fsp3) is 1.00. The Bertz CT molecular complexity index is 358. The van der Waals surface area contributed by atoms with Crippen LogP contribution in [0.1, 0.15) is 19.8 Å². The van der Waals surface area contributed by atoms with E-state index in [9.17, 15) is 34.8 Å². The number of aliphatic hydroxyl groups excluding tert-OH is 1. The highest BCUT2D eigenvalue weighted by Crippen LogP contribution is 2.42. The summed E-state index contributed by atoms with van der Waals surface area (Å²) in [5.41, 5.74) is 0. The maximum atomic E-state index is 12.2. The van der Waals surface area contributed by atoms with Gasteiger partial charge in [-0.25, -0.2) is 8.42 Å². The molecule has 0 aromatic carbocycles. The van der Waals surface area contributed by atoms with E-state index in [1.165, 1.54) is 6.92 Å². The summed E-state index contributed by atoms with van der Waals surface area (Å²) in [5.74, 6) is -4.67. The number of alkyl halides is 6. The molecule has 1 atom stereocenters. The average molecular weight is 316 g/mol. The van der Waals surface area contributed by atoms with Crippen molar-refractivity contribution in [3.63, 3.8) is 0 Å². The normalized spacial score (nSPS) is 15.8. The van der Waals surface area contributed by atoms with Crippen LogP contribution in [0.5, 0.6) is 0 Å². The molecule has 0 aliphatic heterocycles. The molecular weight excluding hydrogens is 302 g/mol. The topological polar surface area (TPSA) is 54.4 Å². The molecule has 0 aliphatic carbocycles. The average Bonchev–Trinajstić information content (AvgIpc) is 2.12. The van der Waals surface area contributed by atoms with E-state index >= 15 is 0 Å². The summed E-state index contributed by atoms with van der Waals surface area (Å²) in [6.45, 7) is 1.31. The van der Waals surface area contributed by atoms with Crippen molar-refractivity contribution in [2.45, 2.75) is 38.2 Å². The molecule has 19 heavy (non-hydrogen) atoms. The van der Waals surface area contributed by atoms with Crippen molar-refractivity contribution in [3.05, 3.63) is 0 Å². The van der Waals surface area contributed by atoms with Crippen LogP contribution in [0.4, 0.5) is 26.3 Å². The van der Waals surface area contributed by atoms with Crippen LogP contribution in [0.3, 0.4) is 0 Å². The van der Waals surface area contributed by atoms with Gasteiger partial charge in [-0.05, 0) is 12.8 Å². The Labute approximate surface area is 106 Å². The van der Waals surface area contributed by atoms with E-state index in [2.05, 4.69) is 0 Å². The number of sulfone groups is 1. The van der Waals surface area contributed by atoms with Gasteiger partial charge in [0.2, 0.25) is 0 Å². The fourth-order valence-corrected chi connectivity index (χ4v) is 2.34. The zero-order valence-corrected chi connectivity index (χ0v) is 10.7. The Hall–Kier alpha value is -0.510. The van der Waals surface area contributed by atoms with Gasteiger partial charge in [-0.15, -0.1) is 0 Å². The fourth-order valence-electron chi connectivity index (χ4n) is 1.45. The molecule has 0 aliphatic rings. The Morgan fingerprint density at radius 3 is 1.79 bits per heavy atom. The highest BCUT2D eigenvalue weighted by molar-refractivity contribution is 7.91. The smallest absolute Gasteiger partial charge is 0.392 e. The largest absolute Gasteiger partial charge is 0.403 e. The summed E-state index contributed by atoms with van der Waals surface area (Å²) in [4.78, 5) is 0. The monoisotopic (exact) mass is 316 g/mol. The third-order valence-corrected chi connectivity index (χ3v) is 4.28. The van der Waals surface area contributed by atoms with Crippen LogP contribution < -0.4 is 0 Å². The molecule has 116 valence electrons. The molecule has 0 bridgehead atoms. The highest BCUT2D eigenvalue weighted by Gasteiger charge is 2.59. The van der Waals surface area contributed by atoms with Gasteiger partial charge in [0, 0.05) is 5.75 Å². The van der Waals surface area contributed by atoms with E-state index in [0.717, 1.165) is 0 Å². The molecule has 0 fully saturated rings. The number of rotatable bonds is 6. The van der Waals surface area contributed by atoms with E-state index in [4.69, 9.17) is 5.11 Å². The number of hydrogen-bond acceptors (Lipinski definition) is 3. The van der Waals surface area contributed by atoms with Gasteiger partial charge >= 0.3 is 12.4 Å². The number of hydrogen-bond donors (Lipinski definition) is 1.